The fourth-order valence-electron chi connectivity index (χ4n) is 4.62. The fourth-order valence-corrected chi connectivity index (χ4v) is 6.95. The third kappa shape index (κ3) is 7.60. The molecule has 0 spiro atoms. The zero-order chi connectivity index (χ0) is 27.2. The van der Waals surface area contributed by atoms with Gasteiger partial charge in [0.05, 0.1) is 17.9 Å². The quantitative estimate of drug-likeness (QED) is 0.242. The first-order valence-corrected chi connectivity index (χ1v) is 14.9. The summed E-state index contributed by atoms with van der Waals surface area (Å²) in [4.78, 5) is 40.3. The minimum atomic E-state index is -0.394. The van der Waals surface area contributed by atoms with Crippen LogP contribution in [0.15, 0.2) is 29.2 Å². The molecule has 0 saturated carbocycles. The number of amides is 2. The Hall–Kier alpha value is -2.32. The molecule has 2 atom stereocenters. The second-order valence-corrected chi connectivity index (χ2v) is 13.1. The van der Waals surface area contributed by atoms with Crippen molar-refractivity contribution >= 4 is 51.6 Å². The van der Waals surface area contributed by atoms with Crippen LogP contribution in [0.5, 0.6) is 0 Å². The number of nitrogens with one attached hydrogen (secondary N) is 2. The zero-order valence-corrected chi connectivity index (χ0v) is 24.5. The minimum absolute atomic E-state index is 0.000476. The minimum Gasteiger partial charge on any atom is -0.465 e. The molecular formula is C29H40N2O4S2. The van der Waals surface area contributed by atoms with Crippen molar-refractivity contribution in [2.75, 3.05) is 17.7 Å². The molecule has 1 heterocycles. The van der Waals surface area contributed by atoms with Gasteiger partial charge in [-0.1, -0.05) is 47.1 Å². The average Bonchev–Trinajstić information content (AvgIpc) is 3.22. The molecule has 0 fully saturated rings. The predicted molar refractivity (Wildman–Crippen MR) is 154 cm³/mol. The van der Waals surface area contributed by atoms with Crippen LogP contribution in [0.4, 0.5) is 10.7 Å². The zero-order valence-electron chi connectivity index (χ0n) is 22.9. The van der Waals surface area contributed by atoms with Gasteiger partial charge in [0.15, 0.2) is 0 Å². The second-order valence-electron chi connectivity index (χ2n) is 10.7. The van der Waals surface area contributed by atoms with Crippen LogP contribution in [0.2, 0.25) is 0 Å². The van der Waals surface area contributed by atoms with Crippen LogP contribution in [0, 0.1) is 11.3 Å². The van der Waals surface area contributed by atoms with E-state index in [0.29, 0.717) is 29.3 Å². The SMILES string of the molecule is CCCCC(=O)Nc1cccc(SC(CC)C(=O)Nc2sc3c(c2C(=O)OC)CCC(C(C)(C)C)C3)c1. The summed E-state index contributed by atoms with van der Waals surface area (Å²) in [6.45, 7) is 10.8. The maximum absolute atomic E-state index is 13.4. The number of carbonyl (C=O) groups is 3. The first-order valence-electron chi connectivity index (χ1n) is 13.2. The van der Waals surface area contributed by atoms with Crippen molar-refractivity contribution in [3.05, 3.63) is 40.3 Å². The molecule has 202 valence electrons. The summed E-state index contributed by atoms with van der Waals surface area (Å²) in [6.07, 6.45) is 5.69. The number of methoxy groups -OCH3 is 1. The van der Waals surface area contributed by atoms with E-state index in [-0.39, 0.29) is 22.5 Å². The van der Waals surface area contributed by atoms with E-state index in [1.54, 1.807) is 0 Å². The molecule has 0 saturated heterocycles. The highest BCUT2D eigenvalue weighted by atomic mass is 32.2. The molecule has 37 heavy (non-hydrogen) atoms. The molecule has 1 aromatic heterocycles. The van der Waals surface area contributed by atoms with Crippen LogP contribution in [0.1, 0.15) is 87.5 Å². The van der Waals surface area contributed by atoms with Crippen molar-refractivity contribution in [2.45, 2.75) is 89.7 Å². The average molecular weight is 545 g/mol. The van der Waals surface area contributed by atoms with Gasteiger partial charge in [-0.25, -0.2) is 4.79 Å². The van der Waals surface area contributed by atoms with Crippen molar-refractivity contribution < 1.29 is 19.1 Å². The smallest absolute Gasteiger partial charge is 0.341 e. The van der Waals surface area contributed by atoms with Crippen LogP contribution >= 0.6 is 23.1 Å². The number of thiophene rings is 1. The lowest BCUT2D eigenvalue weighted by molar-refractivity contribution is -0.116. The molecule has 0 radical (unpaired) electrons. The molecule has 6 nitrogen and oxygen atoms in total. The molecule has 1 aliphatic carbocycles. The van der Waals surface area contributed by atoms with Crippen molar-refractivity contribution in [2.24, 2.45) is 11.3 Å². The van der Waals surface area contributed by atoms with Gasteiger partial charge in [0.25, 0.3) is 0 Å². The molecule has 1 aliphatic rings. The van der Waals surface area contributed by atoms with E-state index in [1.165, 1.54) is 35.1 Å². The number of hydrogen-bond donors (Lipinski definition) is 2. The molecule has 2 aromatic rings. The number of rotatable bonds is 10. The predicted octanol–water partition coefficient (Wildman–Crippen LogP) is 7.32. The molecule has 1 aromatic carbocycles. The van der Waals surface area contributed by atoms with E-state index in [9.17, 15) is 14.4 Å². The first-order chi connectivity index (χ1) is 17.6. The molecule has 2 N–H and O–H groups in total. The maximum Gasteiger partial charge on any atom is 0.341 e. The van der Waals surface area contributed by atoms with Gasteiger partial charge < -0.3 is 15.4 Å². The molecule has 2 amide bonds. The van der Waals surface area contributed by atoms with Crippen LogP contribution in [-0.2, 0) is 27.2 Å². The third-order valence-corrected chi connectivity index (χ3v) is 9.46. The summed E-state index contributed by atoms with van der Waals surface area (Å²) >= 11 is 2.97. The van der Waals surface area contributed by atoms with E-state index in [0.717, 1.165) is 48.3 Å². The van der Waals surface area contributed by atoms with Crippen LogP contribution < -0.4 is 10.6 Å². The van der Waals surface area contributed by atoms with Gasteiger partial charge in [-0.15, -0.1) is 23.1 Å². The molecule has 2 unspecified atom stereocenters. The van der Waals surface area contributed by atoms with E-state index in [4.69, 9.17) is 4.74 Å². The number of hydrogen-bond acceptors (Lipinski definition) is 6. The number of carbonyl (C=O) groups excluding carboxylic acids is 3. The molecular weight excluding hydrogens is 504 g/mol. The summed E-state index contributed by atoms with van der Waals surface area (Å²) < 4.78 is 5.11. The van der Waals surface area contributed by atoms with Gasteiger partial charge in [0.2, 0.25) is 11.8 Å². The standard InChI is InChI=1S/C29H40N2O4S2/c1-7-9-13-24(32)30-19-11-10-12-20(17-19)36-22(8-2)26(33)31-27-25(28(34)35-6)21-15-14-18(29(3,4)5)16-23(21)37-27/h10-12,17-18,22H,7-9,13-16H2,1-6H3,(H,30,32)(H,31,33). The molecule has 0 bridgehead atoms. The Morgan fingerprint density at radius 3 is 2.59 bits per heavy atom. The van der Waals surface area contributed by atoms with Gasteiger partial charge >= 0.3 is 5.97 Å². The van der Waals surface area contributed by atoms with E-state index in [2.05, 4.69) is 38.3 Å². The number of ether oxygens (including phenoxy) is 1. The summed E-state index contributed by atoms with van der Waals surface area (Å²) in [5.41, 5.74) is 2.46. The lowest BCUT2D eigenvalue weighted by Crippen LogP contribution is -2.27. The lowest BCUT2D eigenvalue weighted by Gasteiger charge is -2.33. The molecule has 0 aliphatic heterocycles. The maximum atomic E-state index is 13.4. The van der Waals surface area contributed by atoms with Crippen LogP contribution in [0.3, 0.4) is 0 Å². The fraction of sp³-hybridized carbons (Fsp3) is 0.552. The Labute approximate surface area is 229 Å². The number of thioether (sulfide) groups is 1. The van der Waals surface area contributed by atoms with Gasteiger partial charge in [0.1, 0.15) is 5.00 Å². The lowest BCUT2D eigenvalue weighted by atomic mass is 9.72. The summed E-state index contributed by atoms with van der Waals surface area (Å²) in [5.74, 6) is -0.00361. The van der Waals surface area contributed by atoms with Gasteiger partial charge in [-0.05, 0) is 67.2 Å². The third-order valence-electron chi connectivity index (χ3n) is 6.93. The number of benzene rings is 1. The second kappa shape index (κ2) is 13.0. The van der Waals surface area contributed by atoms with Crippen LogP contribution in [0.25, 0.3) is 0 Å². The topological polar surface area (TPSA) is 84.5 Å². The largest absolute Gasteiger partial charge is 0.465 e. The number of unbranched alkanes of at least 4 members (excludes halogenated alkanes) is 1. The monoisotopic (exact) mass is 544 g/mol. The Kier molecular flexibility index (Phi) is 10.2. The number of esters is 1. The van der Waals surface area contributed by atoms with Crippen molar-refractivity contribution in [1.82, 2.24) is 0 Å². The van der Waals surface area contributed by atoms with Gasteiger partial charge in [0, 0.05) is 21.9 Å². The van der Waals surface area contributed by atoms with Crippen molar-refractivity contribution in [1.29, 1.82) is 0 Å². The summed E-state index contributed by atoms with van der Waals surface area (Å²) in [6, 6.07) is 7.59. The summed E-state index contributed by atoms with van der Waals surface area (Å²) in [5, 5.41) is 6.25. The highest BCUT2D eigenvalue weighted by Crippen LogP contribution is 2.44. The van der Waals surface area contributed by atoms with E-state index in [1.807, 2.05) is 31.2 Å². The normalized spacial score (nSPS) is 16.0. The van der Waals surface area contributed by atoms with Crippen LogP contribution in [-0.4, -0.2) is 30.1 Å². The van der Waals surface area contributed by atoms with Gasteiger partial charge in [-0.3, -0.25) is 9.59 Å². The van der Waals surface area contributed by atoms with Crippen molar-refractivity contribution in [3.8, 4) is 0 Å². The number of anilines is 2. The first kappa shape index (κ1) is 29.2. The Bertz CT molecular complexity index is 1120. The summed E-state index contributed by atoms with van der Waals surface area (Å²) in [7, 11) is 1.39. The molecule has 3 rings (SSSR count). The Morgan fingerprint density at radius 2 is 1.95 bits per heavy atom. The van der Waals surface area contributed by atoms with Gasteiger partial charge in [-0.2, -0.15) is 0 Å². The highest BCUT2D eigenvalue weighted by Gasteiger charge is 2.34. The van der Waals surface area contributed by atoms with Crippen molar-refractivity contribution in [3.63, 3.8) is 0 Å². The molecule has 8 heteroatoms. The Balaban J connectivity index is 1.76. The highest BCUT2D eigenvalue weighted by molar-refractivity contribution is 8.00. The van der Waals surface area contributed by atoms with E-state index < -0.39 is 5.97 Å². The number of fused-ring (bicyclic) bond motifs is 1. The Morgan fingerprint density at radius 1 is 1.19 bits per heavy atom. The van der Waals surface area contributed by atoms with E-state index >= 15 is 0 Å².